The van der Waals surface area contributed by atoms with Crippen molar-refractivity contribution in [2.24, 2.45) is 0 Å². The molecule has 0 bridgehead atoms. The second kappa shape index (κ2) is 11.9. The van der Waals surface area contributed by atoms with Crippen molar-refractivity contribution in [3.8, 4) is 0 Å². The van der Waals surface area contributed by atoms with E-state index in [0.29, 0.717) is 14.5 Å². The van der Waals surface area contributed by atoms with Crippen LogP contribution in [-0.2, 0) is 9.05 Å². The van der Waals surface area contributed by atoms with Crippen LogP contribution in [0.25, 0.3) is 0 Å². The Labute approximate surface area is 95.8 Å². The molecule has 2 nitrogen and oxygen atoms in total. The minimum atomic E-state index is -0.522. The predicted octanol–water partition coefficient (Wildman–Crippen LogP) is 3.99. The van der Waals surface area contributed by atoms with Gasteiger partial charge in [0, 0.05) is 0 Å². The second-order valence-electron chi connectivity index (χ2n) is 3.08. The third-order valence-corrected chi connectivity index (χ3v) is 7.09. The summed E-state index contributed by atoms with van der Waals surface area (Å²) in [7, 11) is -0.522. The summed E-state index contributed by atoms with van der Waals surface area (Å²) in [4.78, 5) is 0. The third kappa shape index (κ3) is 9.43. The maximum atomic E-state index is 5.71. The Hall–Kier alpha value is 0.869. The van der Waals surface area contributed by atoms with Crippen molar-refractivity contribution in [1.82, 2.24) is 0 Å². The van der Waals surface area contributed by atoms with Crippen molar-refractivity contribution in [2.75, 3.05) is 13.2 Å². The fraction of sp³-hybridized carbons (Fsp3) is 1.00. The van der Waals surface area contributed by atoms with Gasteiger partial charge in [-0.15, -0.1) is 0 Å². The molecule has 0 radical (unpaired) electrons. The summed E-state index contributed by atoms with van der Waals surface area (Å²) in [5.74, 6) is 0. The van der Waals surface area contributed by atoms with E-state index < -0.39 is 7.07 Å². The zero-order chi connectivity index (χ0) is 10.6. The van der Waals surface area contributed by atoms with Crippen LogP contribution in [-0.4, -0.2) is 27.7 Å². The summed E-state index contributed by atoms with van der Waals surface area (Å²) in [6.07, 6.45) is 4.80. The Bertz CT molecular complexity index is 106. The molecule has 0 aliphatic rings. The Kier molecular flexibility index (Phi) is 12.7. The standard InChI is InChI=1S/C10H23O2PSe/c1-4-7-10-14-13(11-8-5-2)12-9-6-3/h4-10H2,1-3H3. The molecule has 0 N–H and O–H groups in total. The van der Waals surface area contributed by atoms with E-state index in [1.165, 1.54) is 18.2 Å². The summed E-state index contributed by atoms with van der Waals surface area (Å²) in [6.45, 7) is 8.25. The second-order valence-corrected chi connectivity index (χ2v) is 8.66. The number of hydrogen-bond donors (Lipinski definition) is 0. The number of unbranched alkanes of at least 4 members (excludes halogenated alkanes) is 1. The summed E-state index contributed by atoms with van der Waals surface area (Å²) in [6, 6.07) is 0. The first-order valence-electron chi connectivity index (χ1n) is 5.54. The molecule has 0 unspecified atom stereocenters. The molecule has 0 aromatic rings. The topological polar surface area (TPSA) is 18.5 Å². The van der Waals surface area contributed by atoms with Gasteiger partial charge in [-0.1, -0.05) is 0 Å². The van der Waals surface area contributed by atoms with Gasteiger partial charge in [-0.05, 0) is 0 Å². The summed E-state index contributed by atoms with van der Waals surface area (Å²) >= 11 is 0.565. The molecule has 0 rings (SSSR count). The molecule has 0 fully saturated rings. The minimum absolute atomic E-state index is 0.522. The number of rotatable bonds is 10. The van der Waals surface area contributed by atoms with Crippen LogP contribution in [0.15, 0.2) is 0 Å². The van der Waals surface area contributed by atoms with Crippen LogP contribution in [0.1, 0.15) is 46.5 Å². The molecule has 0 aliphatic carbocycles. The van der Waals surface area contributed by atoms with Crippen molar-refractivity contribution < 1.29 is 9.05 Å². The van der Waals surface area contributed by atoms with Crippen LogP contribution in [0.5, 0.6) is 0 Å². The van der Waals surface area contributed by atoms with Gasteiger partial charge in [-0.2, -0.15) is 0 Å². The Morgan fingerprint density at radius 3 is 1.93 bits per heavy atom. The van der Waals surface area contributed by atoms with E-state index in [4.69, 9.17) is 9.05 Å². The SMILES string of the molecule is CCCC[Se]P(OCCC)OCCC. The van der Waals surface area contributed by atoms with Crippen LogP contribution >= 0.6 is 7.07 Å². The average molecular weight is 285 g/mol. The van der Waals surface area contributed by atoms with E-state index >= 15 is 0 Å². The van der Waals surface area contributed by atoms with Gasteiger partial charge in [0.2, 0.25) is 0 Å². The molecule has 0 aliphatic heterocycles. The van der Waals surface area contributed by atoms with Gasteiger partial charge in [0.05, 0.1) is 0 Å². The molecular weight excluding hydrogens is 262 g/mol. The molecular formula is C10H23O2PSe. The van der Waals surface area contributed by atoms with Crippen molar-refractivity contribution in [3.05, 3.63) is 0 Å². The molecule has 0 amide bonds. The molecule has 86 valence electrons. The quantitative estimate of drug-likeness (QED) is 0.343. The predicted molar refractivity (Wildman–Crippen MR) is 64.9 cm³/mol. The molecule has 0 aromatic carbocycles. The van der Waals surface area contributed by atoms with Crippen molar-refractivity contribution in [2.45, 2.75) is 51.8 Å². The van der Waals surface area contributed by atoms with Crippen LogP contribution in [0.3, 0.4) is 0 Å². The molecule has 0 atom stereocenters. The molecule has 0 saturated heterocycles. The fourth-order valence-corrected chi connectivity index (χ4v) is 6.13. The first-order chi connectivity index (χ1) is 6.85. The Morgan fingerprint density at radius 2 is 1.50 bits per heavy atom. The monoisotopic (exact) mass is 286 g/mol. The summed E-state index contributed by atoms with van der Waals surface area (Å²) in [5.41, 5.74) is 0. The number of hydrogen-bond acceptors (Lipinski definition) is 2. The molecule has 0 heterocycles. The first kappa shape index (κ1) is 14.9. The van der Waals surface area contributed by atoms with Gasteiger partial charge in [0.25, 0.3) is 0 Å². The van der Waals surface area contributed by atoms with Gasteiger partial charge < -0.3 is 0 Å². The van der Waals surface area contributed by atoms with E-state index in [-0.39, 0.29) is 0 Å². The molecule has 0 saturated carbocycles. The van der Waals surface area contributed by atoms with Gasteiger partial charge in [0.15, 0.2) is 0 Å². The maximum absolute atomic E-state index is 5.71. The molecule has 4 heteroatoms. The van der Waals surface area contributed by atoms with Gasteiger partial charge in [0.1, 0.15) is 0 Å². The van der Waals surface area contributed by atoms with E-state index in [0.717, 1.165) is 26.1 Å². The van der Waals surface area contributed by atoms with Crippen molar-refractivity contribution >= 4 is 21.6 Å². The van der Waals surface area contributed by atoms with E-state index in [2.05, 4.69) is 20.8 Å². The van der Waals surface area contributed by atoms with Crippen molar-refractivity contribution in [1.29, 1.82) is 0 Å². The van der Waals surface area contributed by atoms with E-state index in [1.807, 2.05) is 0 Å². The molecule has 0 aromatic heterocycles. The van der Waals surface area contributed by atoms with Crippen LogP contribution in [0.2, 0.25) is 5.32 Å². The van der Waals surface area contributed by atoms with Gasteiger partial charge in [-0.3, -0.25) is 0 Å². The van der Waals surface area contributed by atoms with Crippen LogP contribution < -0.4 is 0 Å². The fourth-order valence-electron chi connectivity index (χ4n) is 0.727. The average Bonchev–Trinajstić information content (AvgIpc) is 2.21. The van der Waals surface area contributed by atoms with Crippen LogP contribution in [0.4, 0.5) is 0 Å². The summed E-state index contributed by atoms with van der Waals surface area (Å²) in [5, 5.41) is 1.31. The Balaban J connectivity index is 3.49. The van der Waals surface area contributed by atoms with Crippen molar-refractivity contribution in [3.63, 3.8) is 0 Å². The zero-order valence-corrected chi connectivity index (χ0v) is 12.2. The van der Waals surface area contributed by atoms with E-state index in [1.54, 1.807) is 0 Å². The zero-order valence-electron chi connectivity index (χ0n) is 9.62. The normalized spacial score (nSPS) is 11.1. The Morgan fingerprint density at radius 1 is 0.929 bits per heavy atom. The molecule has 14 heavy (non-hydrogen) atoms. The summed E-state index contributed by atoms with van der Waals surface area (Å²) < 4.78 is 11.4. The van der Waals surface area contributed by atoms with Crippen LogP contribution in [0, 0.1) is 0 Å². The molecule has 0 spiro atoms. The van der Waals surface area contributed by atoms with Gasteiger partial charge in [-0.25, -0.2) is 0 Å². The third-order valence-electron chi connectivity index (χ3n) is 1.50. The van der Waals surface area contributed by atoms with Gasteiger partial charge >= 0.3 is 95.6 Å². The van der Waals surface area contributed by atoms with E-state index in [9.17, 15) is 0 Å². The first-order valence-corrected chi connectivity index (χ1v) is 10.1.